The quantitative estimate of drug-likeness (QED) is 0.525. The first-order chi connectivity index (χ1) is 17.8. The molecule has 3 N–H and O–H groups in total. The summed E-state index contributed by atoms with van der Waals surface area (Å²) in [5.41, 5.74) is 5.96. The standard InChI is InChI=1S/C25H32F2N6O3S2/c1-23(2,3)38(35)31-17-13-36-14-24(17)8-10-33(11-9-24)18-12-29-21(20(28)30-18)37-16-7-5-6-15-19(16)25(26,27)22(34)32(15)4/h5-7,12,17,31H,8-11,13-14H2,1-4H3,(H2,28,30)/t17-,38?/m1/s1. The lowest BCUT2D eigenvalue weighted by atomic mass is 9.75. The number of nitrogens with two attached hydrogens (primary N) is 1. The van der Waals surface area contributed by atoms with Gasteiger partial charge in [0.25, 0.3) is 0 Å². The van der Waals surface area contributed by atoms with E-state index in [9.17, 15) is 18.1 Å². The minimum absolute atomic E-state index is 0.0105. The molecular weight excluding hydrogens is 534 g/mol. The molecule has 1 unspecified atom stereocenters. The summed E-state index contributed by atoms with van der Waals surface area (Å²) in [6, 6.07) is 4.66. The molecule has 1 aromatic carbocycles. The van der Waals surface area contributed by atoms with Crippen molar-refractivity contribution >= 4 is 46.4 Å². The van der Waals surface area contributed by atoms with Crippen LogP contribution >= 0.6 is 11.8 Å². The van der Waals surface area contributed by atoms with E-state index in [4.69, 9.17) is 10.5 Å². The Bertz CT molecular complexity index is 1240. The second-order valence-corrected chi connectivity index (χ2v) is 14.1. The van der Waals surface area contributed by atoms with Gasteiger partial charge in [-0.05, 0) is 45.7 Å². The number of carbonyl (C=O) groups excluding carboxylic acids is 1. The van der Waals surface area contributed by atoms with Gasteiger partial charge < -0.3 is 24.8 Å². The third-order valence-corrected chi connectivity index (χ3v) is 10.2. The molecule has 38 heavy (non-hydrogen) atoms. The van der Waals surface area contributed by atoms with Crippen molar-refractivity contribution in [2.24, 2.45) is 5.41 Å². The van der Waals surface area contributed by atoms with E-state index in [1.54, 1.807) is 12.3 Å². The van der Waals surface area contributed by atoms with Crippen LogP contribution in [-0.2, 0) is 26.8 Å². The number of nitrogens with one attached hydrogen (secondary N) is 1. The number of likely N-dealkylation sites (N-methyl/N-ethyl adjacent to an activating group) is 1. The number of nitrogen functional groups attached to an aromatic ring is 1. The summed E-state index contributed by atoms with van der Waals surface area (Å²) in [4.78, 5) is 24.3. The molecule has 1 amide bonds. The molecule has 0 saturated carbocycles. The fraction of sp³-hybridized carbons (Fsp3) is 0.560. The van der Waals surface area contributed by atoms with Gasteiger partial charge in [-0.2, -0.15) is 8.78 Å². The lowest BCUT2D eigenvalue weighted by molar-refractivity contribution is -0.141. The number of carbonyl (C=O) groups is 1. The molecule has 3 aliphatic rings. The van der Waals surface area contributed by atoms with Gasteiger partial charge in [0.1, 0.15) is 15.6 Å². The van der Waals surface area contributed by atoms with Crippen molar-refractivity contribution in [2.45, 2.75) is 60.2 Å². The molecule has 4 heterocycles. The summed E-state index contributed by atoms with van der Waals surface area (Å²) in [5.74, 6) is -4.12. The number of amides is 1. The Morgan fingerprint density at radius 1 is 1.29 bits per heavy atom. The molecule has 1 spiro atoms. The van der Waals surface area contributed by atoms with Gasteiger partial charge in [0.05, 0.1) is 36.7 Å². The van der Waals surface area contributed by atoms with Crippen LogP contribution in [0.2, 0.25) is 0 Å². The van der Waals surface area contributed by atoms with Crippen LogP contribution in [0.15, 0.2) is 34.3 Å². The van der Waals surface area contributed by atoms with E-state index in [1.165, 1.54) is 19.2 Å². The van der Waals surface area contributed by atoms with Gasteiger partial charge in [-0.1, -0.05) is 17.8 Å². The molecule has 2 saturated heterocycles. The van der Waals surface area contributed by atoms with Gasteiger partial charge in [-0.3, -0.25) is 4.79 Å². The Hall–Kier alpha value is -2.19. The average molecular weight is 567 g/mol. The summed E-state index contributed by atoms with van der Waals surface area (Å²) < 4.78 is 50.9. The zero-order valence-corrected chi connectivity index (χ0v) is 23.4. The number of ether oxygens (including phenoxy) is 1. The predicted molar refractivity (Wildman–Crippen MR) is 144 cm³/mol. The van der Waals surface area contributed by atoms with Gasteiger partial charge >= 0.3 is 11.8 Å². The van der Waals surface area contributed by atoms with E-state index in [1.807, 2.05) is 20.8 Å². The number of hydrogen-bond donors (Lipinski definition) is 2. The van der Waals surface area contributed by atoms with Crippen molar-refractivity contribution in [1.29, 1.82) is 0 Å². The smallest absolute Gasteiger partial charge is 0.353 e. The maximum absolute atomic E-state index is 14.7. The molecule has 0 radical (unpaired) electrons. The first-order valence-corrected chi connectivity index (χ1v) is 14.4. The zero-order chi connectivity index (χ0) is 27.5. The molecule has 0 bridgehead atoms. The number of halogens is 2. The fourth-order valence-electron chi connectivity index (χ4n) is 5.14. The highest BCUT2D eigenvalue weighted by atomic mass is 32.2. The number of alkyl halides is 2. The highest BCUT2D eigenvalue weighted by Gasteiger charge is 2.53. The topological polar surface area (TPSA) is 120 Å². The Balaban J connectivity index is 1.28. The lowest BCUT2D eigenvalue weighted by Gasteiger charge is -2.42. The lowest BCUT2D eigenvalue weighted by Crippen LogP contribution is -2.55. The molecule has 1 aromatic heterocycles. The molecule has 3 aliphatic heterocycles. The molecule has 0 aliphatic carbocycles. The van der Waals surface area contributed by atoms with Crippen LogP contribution < -0.4 is 20.3 Å². The third-order valence-electron chi connectivity index (χ3n) is 7.51. The summed E-state index contributed by atoms with van der Waals surface area (Å²) in [5, 5.41) is 0.298. The number of fused-ring (bicyclic) bond motifs is 1. The van der Waals surface area contributed by atoms with Crippen molar-refractivity contribution in [3.8, 4) is 0 Å². The molecule has 2 fully saturated rings. The van der Waals surface area contributed by atoms with Crippen LogP contribution in [0.1, 0.15) is 39.2 Å². The Labute approximate surface area is 228 Å². The normalized spacial score (nSPS) is 23.2. The SMILES string of the molecule is CN1C(=O)C(F)(F)c2c(Sc3ncc(N4CCC5(CC4)COC[C@H]5N[S+]([O-])C(C)(C)C)nc3N)cccc21. The second kappa shape index (κ2) is 9.77. The molecule has 2 atom stereocenters. The minimum atomic E-state index is -3.62. The van der Waals surface area contributed by atoms with Crippen LogP contribution in [0.4, 0.5) is 26.1 Å². The number of benzene rings is 1. The first-order valence-electron chi connectivity index (χ1n) is 12.4. The second-order valence-electron chi connectivity index (χ2n) is 11.0. The first kappa shape index (κ1) is 27.4. The van der Waals surface area contributed by atoms with Crippen molar-refractivity contribution in [3.63, 3.8) is 0 Å². The van der Waals surface area contributed by atoms with Gasteiger partial charge in [-0.25, -0.2) is 9.97 Å². The molecule has 206 valence electrons. The van der Waals surface area contributed by atoms with E-state index < -0.39 is 23.2 Å². The maximum Gasteiger partial charge on any atom is 0.353 e. The summed E-state index contributed by atoms with van der Waals surface area (Å²) >= 11 is -0.210. The number of anilines is 3. The molecule has 9 nitrogen and oxygen atoms in total. The Morgan fingerprint density at radius 2 is 2.00 bits per heavy atom. The molecular formula is C25H32F2N6O3S2. The van der Waals surface area contributed by atoms with Gasteiger partial charge in [0.15, 0.2) is 5.82 Å². The summed E-state index contributed by atoms with van der Waals surface area (Å²) in [6.07, 6.45) is 3.26. The summed E-state index contributed by atoms with van der Waals surface area (Å²) in [7, 11) is 1.34. The molecule has 13 heteroatoms. The fourth-order valence-corrected chi connectivity index (χ4v) is 7.02. The Morgan fingerprint density at radius 3 is 2.66 bits per heavy atom. The number of hydrogen-bond acceptors (Lipinski definition) is 9. The highest BCUT2D eigenvalue weighted by molar-refractivity contribution is 7.99. The van der Waals surface area contributed by atoms with Crippen LogP contribution in [0.25, 0.3) is 0 Å². The van der Waals surface area contributed by atoms with Gasteiger partial charge in [0.2, 0.25) is 0 Å². The van der Waals surface area contributed by atoms with Crippen molar-refractivity contribution in [3.05, 3.63) is 30.0 Å². The maximum atomic E-state index is 14.7. The number of nitrogens with zero attached hydrogens (tertiary/aromatic N) is 4. The molecule has 2 aromatic rings. The van der Waals surface area contributed by atoms with Gasteiger partial charge in [-0.15, -0.1) is 4.72 Å². The monoisotopic (exact) mass is 566 g/mol. The molecule has 5 rings (SSSR count). The van der Waals surface area contributed by atoms with Crippen LogP contribution in [0.5, 0.6) is 0 Å². The van der Waals surface area contributed by atoms with Crippen molar-refractivity contribution in [1.82, 2.24) is 14.7 Å². The predicted octanol–water partition coefficient (Wildman–Crippen LogP) is 3.32. The van der Waals surface area contributed by atoms with E-state index >= 15 is 0 Å². The van der Waals surface area contributed by atoms with E-state index in [-0.39, 0.29) is 38.2 Å². The van der Waals surface area contributed by atoms with Crippen LogP contribution in [-0.4, -0.2) is 64.6 Å². The van der Waals surface area contributed by atoms with Crippen molar-refractivity contribution in [2.75, 3.05) is 48.9 Å². The largest absolute Gasteiger partial charge is 0.598 e. The van der Waals surface area contributed by atoms with E-state index in [0.29, 0.717) is 37.1 Å². The average Bonchev–Trinajstić information content (AvgIpc) is 3.32. The zero-order valence-electron chi connectivity index (χ0n) is 21.8. The minimum Gasteiger partial charge on any atom is -0.598 e. The van der Waals surface area contributed by atoms with Gasteiger partial charge in [0, 0.05) is 41.8 Å². The van der Waals surface area contributed by atoms with Crippen LogP contribution in [0.3, 0.4) is 0 Å². The number of rotatable bonds is 5. The number of aromatic nitrogens is 2. The summed E-state index contributed by atoms with van der Waals surface area (Å²) in [6.45, 7) is 8.40. The third kappa shape index (κ3) is 4.72. The van der Waals surface area contributed by atoms with E-state index in [0.717, 1.165) is 29.5 Å². The Kier molecular flexibility index (Phi) is 7.04. The van der Waals surface area contributed by atoms with Crippen LogP contribution in [0, 0.1) is 5.41 Å². The highest BCUT2D eigenvalue weighted by Crippen LogP contribution is 2.49. The number of piperidine rings is 1. The van der Waals surface area contributed by atoms with Crippen molar-refractivity contribution < 1.29 is 22.9 Å². The van der Waals surface area contributed by atoms with E-state index in [2.05, 4.69) is 19.6 Å².